The van der Waals surface area contributed by atoms with Crippen molar-refractivity contribution in [2.24, 2.45) is 14.1 Å². The van der Waals surface area contributed by atoms with Crippen molar-refractivity contribution in [3.05, 3.63) is 37.3 Å². The zero-order chi connectivity index (χ0) is 17.3. The molecule has 0 bridgehead atoms. The van der Waals surface area contributed by atoms with Crippen LogP contribution in [0.3, 0.4) is 0 Å². The Morgan fingerprint density at radius 3 is 1.96 bits per heavy atom. The number of aliphatic hydroxyl groups excluding tert-OH is 1. The molecule has 2 aromatic rings. The quantitative estimate of drug-likeness (QED) is 0.143. The van der Waals surface area contributed by atoms with Crippen LogP contribution in [0.2, 0.25) is 0 Å². The molecular weight excluding hydrogens is 614 g/mol. The smallest absolute Gasteiger partial charge is 1.00 e. The van der Waals surface area contributed by atoms with Gasteiger partial charge in [0.1, 0.15) is 13.5 Å². The van der Waals surface area contributed by atoms with E-state index in [0.717, 1.165) is 13.7 Å². The predicted octanol–water partition coefficient (Wildman–Crippen LogP) is -1.64. The number of hydrogen-bond acceptors (Lipinski definition) is 4. The molecule has 0 aliphatic carbocycles. The fourth-order valence-electron chi connectivity index (χ4n) is 1.31. The molecule has 0 aliphatic heterocycles. The number of hydrogen-bond donors (Lipinski definition) is 1. The van der Waals surface area contributed by atoms with Crippen molar-refractivity contribution in [2.75, 3.05) is 0 Å². The summed E-state index contributed by atoms with van der Waals surface area (Å²) in [5, 5.41) is 17.2. The zero-order valence-electron chi connectivity index (χ0n) is 12.9. The van der Waals surface area contributed by atoms with Crippen molar-refractivity contribution in [3.8, 4) is 18.8 Å². The molecule has 2 heterocycles. The van der Waals surface area contributed by atoms with Crippen molar-refractivity contribution in [2.45, 2.75) is 6.10 Å². The molecule has 124 valence electrons. The Bertz CT molecular complexity index is 695. The molecule has 0 amide bonds. The van der Waals surface area contributed by atoms with E-state index in [2.05, 4.69) is 22.5 Å². The summed E-state index contributed by atoms with van der Waals surface area (Å²) in [6.45, 7) is 0. The van der Waals surface area contributed by atoms with Crippen LogP contribution < -0.4 is 17.0 Å². The number of carbonyl (C=O) groups excluding carboxylic acids is 1. The number of nitrogens with zero attached hydrogens (tertiary/aromatic N) is 4. The summed E-state index contributed by atoms with van der Waals surface area (Å²) in [5.41, 5.74) is 1.34. The largest absolute Gasteiger partial charge is 2.00 e. The van der Waals surface area contributed by atoms with Crippen LogP contribution in [0.4, 0.5) is 0 Å². The molecule has 0 saturated heterocycles. The van der Waals surface area contributed by atoms with Crippen molar-refractivity contribution in [3.63, 3.8) is 0 Å². The number of aliphatic hydroxyl groups is 1. The topological polar surface area (TPSA) is 72.9 Å². The van der Waals surface area contributed by atoms with Gasteiger partial charge in [0.25, 0.3) is 0 Å². The molecule has 2 aromatic heterocycles. The number of rotatable bonds is 2. The number of terminal acetylenes is 2. The zero-order valence-corrected chi connectivity index (χ0v) is 20.3. The molecule has 6 nitrogen and oxygen atoms in total. The summed E-state index contributed by atoms with van der Waals surface area (Å²) in [4.78, 5) is 10.2. The molecular formula is C14H13BrI2MgN4O2. The molecule has 10 heteroatoms. The van der Waals surface area contributed by atoms with Gasteiger partial charge < -0.3 is 34.9 Å². The first-order valence-corrected chi connectivity index (χ1v) is 7.81. The summed E-state index contributed by atoms with van der Waals surface area (Å²) in [5.74, 6) is 2.23. The first-order chi connectivity index (χ1) is 10.4. The molecule has 0 aliphatic rings. The molecule has 1 unspecified atom stereocenters. The maximum absolute atomic E-state index is 10.2. The third-order valence-electron chi connectivity index (χ3n) is 2.20. The van der Waals surface area contributed by atoms with Gasteiger partial charge in [-0.25, -0.2) is 0 Å². The average molecular weight is 627 g/mol. The summed E-state index contributed by atoms with van der Waals surface area (Å²) in [6, 6.07) is 0. The van der Waals surface area contributed by atoms with Gasteiger partial charge in [0.2, 0.25) is 0 Å². The standard InChI is InChI=1S/C7H7IN2O.C5H5IN2O.C2H.BrH.Mg/c1-3-6(11)5-4-10(2)9-7(5)8;1-8-2-4(3-9)5(6)7-8;1-2;;/h1,4,6,11H,2H3;2-3H,1H3;1H;1H;/q;;-1;;+2/p-1. The Morgan fingerprint density at radius 2 is 1.71 bits per heavy atom. The van der Waals surface area contributed by atoms with Gasteiger partial charge in [-0.2, -0.15) is 10.2 Å². The second kappa shape index (κ2) is 15.2. The van der Waals surface area contributed by atoms with Crippen molar-refractivity contribution in [1.29, 1.82) is 0 Å². The molecule has 0 aromatic carbocycles. The third-order valence-corrected chi connectivity index (χ3v) is 3.88. The first-order valence-electron chi connectivity index (χ1n) is 5.65. The summed E-state index contributed by atoms with van der Waals surface area (Å²) < 4.78 is 4.74. The van der Waals surface area contributed by atoms with Gasteiger partial charge in [0.05, 0.1) is 5.56 Å². The van der Waals surface area contributed by atoms with E-state index in [-0.39, 0.29) is 40.0 Å². The minimum Gasteiger partial charge on any atom is -1.00 e. The molecule has 1 N–H and O–H groups in total. The third kappa shape index (κ3) is 9.38. The van der Waals surface area contributed by atoms with Gasteiger partial charge in [-0.3, -0.25) is 14.2 Å². The van der Waals surface area contributed by atoms with Crippen molar-refractivity contribution >= 4 is 74.5 Å². The van der Waals surface area contributed by atoms with E-state index in [1.165, 1.54) is 0 Å². The number of aryl methyl sites for hydroxylation is 2. The monoisotopic (exact) mass is 626 g/mol. The van der Waals surface area contributed by atoms with E-state index in [4.69, 9.17) is 12.8 Å². The van der Waals surface area contributed by atoms with E-state index in [1.807, 2.05) is 45.2 Å². The van der Waals surface area contributed by atoms with Crippen LogP contribution in [0.1, 0.15) is 22.0 Å². The van der Waals surface area contributed by atoms with Gasteiger partial charge in [0.15, 0.2) is 6.29 Å². The Labute approximate surface area is 195 Å². The minimum atomic E-state index is -0.837. The number of halogens is 3. The fraction of sp³-hybridized carbons (Fsp3) is 0.214. The maximum Gasteiger partial charge on any atom is 2.00 e. The Kier molecular flexibility index (Phi) is 18.1. The van der Waals surface area contributed by atoms with Gasteiger partial charge >= 0.3 is 23.1 Å². The Hall–Kier alpha value is -0.124. The molecule has 24 heavy (non-hydrogen) atoms. The number of aromatic nitrogens is 4. The first kappa shape index (κ1) is 28.7. The van der Waals surface area contributed by atoms with Crippen LogP contribution in [-0.4, -0.2) is 54.0 Å². The van der Waals surface area contributed by atoms with Crippen LogP contribution in [0.25, 0.3) is 0 Å². The van der Waals surface area contributed by atoms with E-state index in [9.17, 15) is 9.90 Å². The van der Waals surface area contributed by atoms with Crippen LogP contribution in [0, 0.1) is 32.6 Å². The number of aldehydes is 1. The molecule has 2 rings (SSSR count). The average Bonchev–Trinajstić information content (AvgIpc) is 3.01. The molecule has 1 atom stereocenters. The Morgan fingerprint density at radius 1 is 1.25 bits per heavy atom. The van der Waals surface area contributed by atoms with Gasteiger partial charge in [-0.1, -0.05) is 5.92 Å². The summed E-state index contributed by atoms with van der Waals surface area (Å²) >= 11 is 4.05. The maximum atomic E-state index is 10.2. The van der Waals surface area contributed by atoms with Gasteiger partial charge in [-0.15, -0.1) is 6.42 Å². The SMILES string of the molecule is C#CC(O)c1cn(C)nc1I.Cn1cc(C=O)c(I)n1.[Br-].[C-]#C.[Mg+2]. The summed E-state index contributed by atoms with van der Waals surface area (Å²) in [6.07, 6.45) is 17.4. The normalized spacial score (nSPS) is 9.42. The molecule has 0 spiro atoms. The van der Waals surface area contributed by atoms with Crippen molar-refractivity contribution < 1.29 is 26.9 Å². The molecule has 0 saturated carbocycles. The molecule has 0 radical (unpaired) electrons. The van der Waals surface area contributed by atoms with E-state index in [0.29, 0.717) is 11.1 Å². The van der Waals surface area contributed by atoms with Crippen LogP contribution in [-0.2, 0) is 14.1 Å². The van der Waals surface area contributed by atoms with E-state index >= 15 is 0 Å². The van der Waals surface area contributed by atoms with E-state index < -0.39 is 6.10 Å². The van der Waals surface area contributed by atoms with Crippen LogP contribution in [0.15, 0.2) is 12.4 Å². The van der Waals surface area contributed by atoms with Crippen LogP contribution >= 0.6 is 45.2 Å². The second-order valence-electron chi connectivity index (χ2n) is 3.78. The Balaban J connectivity index is -0.000000313. The second-order valence-corrected chi connectivity index (χ2v) is 5.83. The van der Waals surface area contributed by atoms with Gasteiger partial charge in [-0.05, 0) is 45.2 Å². The van der Waals surface area contributed by atoms with E-state index in [1.54, 1.807) is 35.9 Å². The summed E-state index contributed by atoms with van der Waals surface area (Å²) in [7, 11) is 3.57. The predicted molar refractivity (Wildman–Crippen MR) is 105 cm³/mol. The molecule has 0 fully saturated rings. The van der Waals surface area contributed by atoms with Crippen LogP contribution in [0.5, 0.6) is 0 Å². The minimum absolute atomic E-state index is 0. The number of carbonyl (C=O) groups is 1. The van der Waals surface area contributed by atoms with Gasteiger partial charge in [0, 0.05) is 32.1 Å². The van der Waals surface area contributed by atoms with Crippen molar-refractivity contribution in [1.82, 2.24) is 19.6 Å². The fourth-order valence-corrected chi connectivity index (χ4v) is 2.69.